The van der Waals surface area contributed by atoms with Crippen LogP contribution in [0.3, 0.4) is 0 Å². The Labute approximate surface area is 188 Å². The molecule has 0 aliphatic rings. The van der Waals surface area contributed by atoms with Crippen LogP contribution in [-0.4, -0.2) is 57.3 Å². The van der Waals surface area contributed by atoms with Crippen molar-refractivity contribution < 1.29 is 27.5 Å². The highest BCUT2D eigenvalue weighted by molar-refractivity contribution is 7.89. The number of rotatable bonds is 10. The second-order valence-corrected chi connectivity index (χ2v) is 9.37. The number of esters is 1. The van der Waals surface area contributed by atoms with Crippen LogP contribution in [0.25, 0.3) is 10.8 Å². The minimum atomic E-state index is -4.17. The Morgan fingerprint density at radius 3 is 2.31 bits per heavy atom. The molecule has 2 aromatic carbocycles. The molecule has 2 amide bonds. The van der Waals surface area contributed by atoms with E-state index in [1.54, 1.807) is 25.1 Å². The molecule has 0 bridgehead atoms. The third kappa shape index (κ3) is 5.83. The van der Waals surface area contributed by atoms with Crippen molar-refractivity contribution in [3.63, 3.8) is 0 Å². The van der Waals surface area contributed by atoms with Crippen molar-refractivity contribution in [2.24, 2.45) is 11.7 Å². The average molecular weight is 464 g/mol. The highest BCUT2D eigenvalue weighted by Gasteiger charge is 2.37. The number of carbonyl (C=O) groups excluding carboxylic acids is 3. The van der Waals surface area contributed by atoms with Gasteiger partial charge in [0, 0.05) is 7.05 Å². The van der Waals surface area contributed by atoms with Crippen LogP contribution in [0, 0.1) is 5.92 Å². The maximum atomic E-state index is 13.2. The topological polar surface area (TPSA) is 136 Å². The van der Waals surface area contributed by atoms with Crippen molar-refractivity contribution in [3.8, 4) is 0 Å². The van der Waals surface area contributed by atoms with Gasteiger partial charge in [-0.1, -0.05) is 50.6 Å². The summed E-state index contributed by atoms with van der Waals surface area (Å²) in [6.45, 7) is 3.62. The van der Waals surface area contributed by atoms with E-state index >= 15 is 0 Å². The van der Waals surface area contributed by atoms with Gasteiger partial charge in [-0.3, -0.25) is 9.59 Å². The van der Waals surface area contributed by atoms with Gasteiger partial charge in [-0.15, -0.1) is 0 Å². The fraction of sp³-hybridized carbons (Fsp3) is 0.409. The monoisotopic (exact) mass is 463 g/mol. The molecule has 2 rings (SSSR count). The number of sulfonamides is 1. The molecule has 9 nitrogen and oxygen atoms in total. The highest BCUT2D eigenvalue weighted by Crippen LogP contribution is 2.21. The fourth-order valence-electron chi connectivity index (χ4n) is 3.47. The molecule has 2 aromatic rings. The van der Waals surface area contributed by atoms with Gasteiger partial charge in [-0.25, -0.2) is 13.2 Å². The number of hydrogen-bond acceptors (Lipinski definition) is 6. The van der Waals surface area contributed by atoms with Crippen LogP contribution < -0.4 is 10.5 Å². The average Bonchev–Trinajstić information content (AvgIpc) is 2.76. The number of carbonyl (C=O) groups is 3. The molecule has 3 atom stereocenters. The molecule has 174 valence electrons. The zero-order valence-electron chi connectivity index (χ0n) is 18.6. The Hall–Kier alpha value is -2.98. The summed E-state index contributed by atoms with van der Waals surface area (Å²) >= 11 is 0. The number of likely N-dealkylation sites (N-methyl/N-ethyl adjacent to an activating group) is 1. The number of amides is 2. The Balaban J connectivity index is 2.37. The number of nitrogens with one attached hydrogen (secondary N) is 1. The van der Waals surface area contributed by atoms with Crippen LogP contribution in [0.15, 0.2) is 47.4 Å². The van der Waals surface area contributed by atoms with E-state index in [9.17, 15) is 22.8 Å². The Kier molecular flexibility index (Phi) is 8.34. The van der Waals surface area contributed by atoms with Gasteiger partial charge < -0.3 is 15.4 Å². The van der Waals surface area contributed by atoms with Gasteiger partial charge in [0.2, 0.25) is 21.8 Å². The molecule has 10 heteroatoms. The first-order chi connectivity index (χ1) is 15.0. The van der Waals surface area contributed by atoms with E-state index < -0.39 is 46.3 Å². The molecule has 0 aliphatic carbocycles. The number of nitrogens with zero attached hydrogens (tertiary/aromatic N) is 1. The normalized spacial score (nSPS) is 14.4. The maximum absolute atomic E-state index is 13.2. The Morgan fingerprint density at radius 2 is 1.75 bits per heavy atom. The van der Waals surface area contributed by atoms with E-state index in [4.69, 9.17) is 10.5 Å². The minimum Gasteiger partial charge on any atom is -0.467 e. The fourth-order valence-corrected chi connectivity index (χ4v) is 4.69. The van der Waals surface area contributed by atoms with Gasteiger partial charge in [0.25, 0.3) is 0 Å². The summed E-state index contributed by atoms with van der Waals surface area (Å²) in [6.07, 6.45) is 0.00503. The Bertz CT molecular complexity index is 1100. The van der Waals surface area contributed by atoms with Gasteiger partial charge in [0.15, 0.2) is 0 Å². The zero-order valence-corrected chi connectivity index (χ0v) is 19.4. The van der Waals surface area contributed by atoms with Crippen LogP contribution in [-0.2, 0) is 29.1 Å². The summed E-state index contributed by atoms with van der Waals surface area (Å²) in [5, 5.41) is 1.55. The molecule has 0 spiro atoms. The van der Waals surface area contributed by atoms with Crippen LogP contribution >= 0.6 is 0 Å². The number of hydrogen-bond donors (Lipinski definition) is 2. The van der Waals surface area contributed by atoms with Gasteiger partial charge in [-0.2, -0.15) is 4.72 Å². The van der Waals surface area contributed by atoms with Gasteiger partial charge in [0.05, 0.1) is 18.4 Å². The molecule has 0 aliphatic heterocycles. The Morgan fingerprint density at radius 1 is 1.12 bits per heavy atom. The first-order valence-corrected chi connectivity index (χ1v) is 11.6. The molecule has 3 N–H and O–H groups in total. The lowest BCUT2D eigenvalue weighted by Gasteiger charge is -2.32. The van der Waals surface area contributed by atoms with Crippen LogP contribution in [0.2, 0.25) is 0 Å². The predicted octanol–water partition coefficient (Wildman–Crippen LogP) is 1.41. The molecule has 0 aromatic heterocycles. The number of nitrogens with two attached hydrogens (primary N) is 1. The van der Waals surface area contributed by atoms with Gasteiger partial charge in [-0.05, 0) is 28.8 Å². The number of methoxy groups -OCH3 is 1. The summed E-state index contributed by atoms with van der Waals surface area (Å²) in [5.74, 6) is -2.52. The standard InChI is InChI=1S/C22H29N3O6S/c1-5-14(2)20(22(28)31-4)25(3)21(27)18(13-19(23)26)24-32(29,30)17-11-10-15-8-6-7-9-16(15)12-17/h6-12,14,18,20,24H,5,13H2,1-4H3,(H2,23,26)/t14?,18-,20-/m0/s1. The van der Waals surface area contributed by atoms with E-state index in [-0.39, 0.29) is 10.8 Å². The SMILES string of the molecule is CCC(C)[C@@H](C(=O)OC)N(C)C(=O)[C@H](CC(N)=O)NS(=O)(=O)c1ccc2ccccc2c1. The first kappa shape index (κ1) is 25.3. The molecule has 0 fully saturated rings. The minimum absolute atomic E-state index is 0.0624. The van der Waals surface area contributed by atoms with E-state index in [0.717, 1.165) is 10.3 Å². The van der Waals surface area contributed by atoms with Crippen molar-refractivity contribution in [2.45, 2.75) is 43.7 Å². The summed E-state index contributed by atoms with van der Waals surface area (Å²) in [4.78, 5) is 38.1. The van der Waals surface area contributed by atoms with E-state index in [0.29, 0.717) is 11.8 Å². The lowest BCUT2D eigenvalue weighted by molar-refractivity contribution is -0.154. The van der Waals surface area contributed by atoms with E-state index in [2.05, 4.69) is 4.72 Å². The quantitative estimate of drug-likeness (QED) is 0.511. The number of fused-ring (bicyclic) bond motifs is 1. The van der Waals surface area contributed by atoms with E-state index in [1.165, 1.54) is 26.3 Å². The first-order valence-electron chi connectivity index (χ1n) is 10.2. The summed E-state index contributed by atoms with van der Waals surface area (Å²) in [6, 6.07) is 9.33. The molecule has 32 heavy (non-hydrogen) atoms. The lowest BCUT2D eigenvalue weighted by Crippen LogP contribution is -2.55. The van der Waals surface area contributed by atoms with Gasteiger partial charge >= 0.3 is 5.97 Å². The van der Waals surface area contributed by atoms with Crippen molar-refractivity contribution in [1.29, 1.82) is 0 Å². The third-order valence-electron chi connectivity index (χ3n) is 5.42. The molecule has 0 saturated carbocycles. The smallest absolute Gasteiger partial charge is 0.328 e. The second kappa shape index (κ2) is 10.6. The second-order valence-electron chi connectivity index (χ2n) is 7.66. The zero-order chi connectivity index (χ0) is 24.1. The predicted molar refractivity (Wildman–Crippen MR) is 120 cm³/mol. The lowest BCUT2D eigenvalue weighted by atomic mass is 9.97. The molecular weight excluding hydrogens is 434 g/mol. The molecular formula is C22H29N3O6S. The largest absolute Gasteiger partial charge is 0.467 e. The van der Waals surface area contributed by atoms with Crippen LogP contribution in [0.5, 0.6) is 0 Å². The van der Waals surface area contributed by atoms with Crippen molar-refractivity contribution >= 4 is 38.6 Å². The molecule has 0 saturated heterocycles. The molecule has 0 radical (unpaired) electrons. The van der Waals surface area contributed by atoms with Crippen LogP contribution in [0.1, 0.15) is 26.7 Å². The maximum Gasteiger partial charge on any atom is 0.328 e. The van der Waals surface area contributed by atoms with Crippen LogP contribution in [0.4, 0.5) is 0 Å². The van der Waals surface area contributed by atoms with Crippen molar-refractivity contribution in [1.82, 2.24) is 9.62 Å². The van der Waals surface area contributed by atoms with Crippen molar-refractivity contribution in [3.05, 3.63) is 42.5 Å². The van der Waals surface area contributed by atoms with Gasteiger partial charge in [0.1, 0.15) is 12.1 Å². The summed E-state index contributed by atoms with van der Waals surface area (Å²) < 4.78 is 33.1. The molecule has 0 heterocycles. The molecule has 1 unspecified atom stereocenters. The number of ether oxygens (including phenoxy) is 1. The van der Waals surface area contributed by atoms with E-state index in [1.807, 2.05) is 19.1 Å². The number of benzene rings is 2. The number of primary amides is 1. The summed E-state index contributed by atoms with van der Waals surface area (Å²) in [7, 11) is -1.60. The van der Waals surface area contributed by atoms with Crippen molar-refractivity contribution in [2.75, 3.05) is 14.2 Å². The third-order valence-corrected chi connectivity index (χ3v) is 6.89. The highest BCUT2D eigenvalue weighted by atomic mass is 32.2. The summed E-state index contributed by atoms with van der Waals surface area (Å²) in [5.41, 5.74) is 5.28.